The van der Waals surface area contributed by atoms with Gasteiger partial charge < -0.3 is 0 Å². The summed E-state index contributed by atoms with van der Waals surface area (Å²) in [6.45, 7) is 0.563. The second-order valence-corrected chi connectivity index (χ2v) is 8.57. The molecule has 1 fully saturated rings. The molecule has 0 aromatic heterocycles. The largest absolute Gasteiger partial charge is 0.215 e. The lowest BCUT2D eigenvalue weighted by Gasteiger charge is -2.27. The molecule has 112 valence electrons. The molecule has 20 heavy (non-hydrogen) atoms. The third-order valence-electron chi connectivity index (χ3n) is 3.88. The lowest BCUT2D eigenvalue weighted by Crippen LogP contribution is -2.36. The second-order valence-electron chi connectivity index (χ2n) is 5.46. The van der Waals surface area contributed by atoms with Gasteiger partial charge in [-0.15, -0.1) is 0 Å². The fourth-order valence-corrected chi connectivity index (χ4v) is 4.49. The van der Waals surface area contributed by atoms with E-state index < -0.39 is 10.0 Å². The highest BCUT2D eigenvalue weighted by molar-refractivity contribution is 9.09. The second kappa shape index (κ2) is 7.57. The maximum Gasteiger partial charge on any atom is 0.211 e. The van der Waals surface area contributed by atoms with Crippen LogP contribution in [0.25, 0.3) is 0 Å². The Morgan fingerprint density at radius 1 is 1.15 bits per heavy atom. The van der Waals surface area contributed by atoms with E-state index in [1.165, 1.54) is 12.8 Å². The van der Waals surface area contributed by atoms with Gasteiger partial charge in [0.25, 0.3) is 0 Å². The monoisotopic (exact) mass is 359 g/mol. The molecule has 0 radical (unpaired) electrons. The van der Waals surface area contributed by atoms with Crippen LogP contribution in [0.2, 0.25) is 0 Å². The van der Waals surface area contributed by atoms with E-state index in [9.17, 15) is 8.42 Å². The number of alkyl halides is 1. The van der Waals surface area contributed by atoms with Crippen molar-refractivity contribution >= 4 is 26.0 Å². The number of benzene rings is 1. The molecule has 1 aliphatic rings. The lowest BCUT2D eigenvalue weighted by molar-refractivity contribution is 0.373. The van der Waals surface area contributed by atoms with Crippen molar-refractivity contribution in [1.82, 2.24) is 4.72 Å². The van der Waals surface area contributed by atoms with Gasteiger partial charge in [-0.25, -0.2) is 13.1 Å². The zero-order valence-electron chi connectivity index (χ0n) is 11.6. The lowest BCUT2D eigenvalue weighted by atomic mass is 9.89. The highest BCUT2D eigenvalue weighted by Gasteiger charge is 2.24. The van der Waals surface area contributed by atoms with E-state index in [-0.39, 0.29) is 5.75 Å². The normalized spacial score (nSPS) is 23.6. The number of hydrogen-bond acceptors (Lipinski definition) is 2. The van der Waals surface area contributed by atoms with E-state index in [1.54, 1.807) is 0 Å². The van der Waals surface area contributed by atoms with Gasteiger partial charge in [0.2, 0.25) is 10.0 Å². The van der Waals surface area contributed by atoms with Gasteiger partial charge in [0.15, 0.2) is 0 Å². The van der Waals surface area contributed by atoms with Crippen LogP contribution in [0, 0.1) is 5.92 Å². The molecule has 0 spiro atoms. The molecule has 1 aromatic carbocycles. The number of aryl methyl sites for hydroxylation is 1. The van der Waals surface area contributed by atoms with Gasteiger partial charge >= 0.3 is 0 Å². The summed E-state index contributed by atoms with van der Waals surface area (Å²) >= 11 is 3.66. The summed E-state index contributed by atoms with van der Waals surface area (Å²) in [4.78, 5) is 0.452. The number of nitrogens with one attached hydrogen (secondary N) is 1. The quantitative estimate of drug-likeness (QED) is 0.793. The van der Waals surface area contributed by atoms with Crippen LogP contribution >= 0.6 is 15.9 Å². The summed E-state index contributed by atoms with van der Waals surface area (Å²) in [5.41, 5.74) is 1.06. The molecule has 5 heteroatoms. The minimum absolute atomic E-state index is 0.163. The van der Waals surface area contributed by atoms with Gasteiger partial charge in [-0.05, 0) is 30.7 Å². The Labute approximate surface area is 130 Å². The van der Waals surface area contributed by atoms with Crippen LogP contribution in [-0.4, -0.2) is 25.5 Å². The molecular weight excluding hydrogens is 338 g/mol. The van der Waals surface area contributed by atoms with Crippen molar-refractivity contribution in [3.8, 4) is 0 Å². The number of hydrogen-bond donors (Lipinski definition) is 1. The summed E-state index contributed by atoms with van der Waals surface area (Å²) in [7, 11) is -3.17. The van der Waals surface area contributed by atoms with Gasteiger partial charge in [0.05, 0.1) is 5.75 Å². The van der Waals surface area contributed by atoms with Gasteiger partial charge in [-0.2, -0.15) is 0 Å². The Balaban J connectivity index is 1.79. The number of sulfonamides is 1. The molecule has 1 saturated carbocycles. The van der Waals surface area contributed by atoms with Crippen molar-refractivity contribution in [2.75, 3.05) is 12.3 Å². The molecule has 1 N–H and O–H groups in total. The molecule has 0 heterocycles. The smallest absolute Gasteiger partial charge is 0.211 e. The van der Waals surface area contributed by atoms with Crippen LogP contribution < -0.4 is 4.72 Å². The summed E-state index contributed by atoms with van der Waals surface area (Å²) in [5.74, 6) is 0.590. The molecule has 0 aliphatic heterocycles. The number of rotatable bonds is 6. The zero-order chi connectivity index (χ0) is 14.4. The molecule has 0 saturated heterocycles. The van der Waals surface area contributed by atoms with Crippen molar-refractivity contribution in [1.29, 1.82) is 0 Å². The third-order valence-corrected chi connectivity index (χ3v) is 6.44. The van der Waals surface area contributed by atoms with E-state index >= 15 is 0 Å². The Morgan fingerprint density at radius 3 is 2.55 bits per heavy atom. The van der Waals surface area contributed by atoms with Crippen LogP contribution in [0.4, 0.5) is 0 Å². The van der Waals surface area contributed by atoms with Crippen LogP contribution in [-0.2, 0) is 16.4 Å². The molecular formula is C15H22BrNO2S. The zero-order valence-corrected chi connectivity index (χ0v) is 14.0. The van der Waals surface area contributed by atoms with E-state index in [4.69, 9.17) is 0 Å². The topological polar surface area (TPSA) is 46.2 Å². The van der Waals surface area contributed by atoms with Gasteiger partial charge in [0, 0.05) is 11.4 Å². The van der Waals surface area contributed by atoms with E-state index in [2.05, 4.69) is 20.7 Å². The highest BCUT2D eigenvalue weighted by Crippen LogP contribution is 2.29. The standard InChI is InChI=1S/C15H22BrNO2S/c16-15-9-5-4-8-14(15)12-17-20(18,19)11-10-13-6-2-1-3-7-13/h1-3,6-7,14-15,17H,4-5,8-12H2. The Bertz CT molecular complexity index is 504. The van der Waals surface area contributed by atoms with Crippen LogP contribution in [0.5, 0.6) is 0 Å². The van der Waals surface area contributed by atoms with Crippen molar-refractivity contribution in [2.45, 2.75) is 36.9 Å². The first-order valence-corrected chi connectivity index (χ1v) is 9.79. The SMILES string of the molecule is O=S(=O)(CCc1ccccc1)NCC1CCCCC1Br. The molecule has 0 amide bonds. The first-order valence-electron chi connectivity index (χ1n) is 7.22. The van der Waals surface area contributed by atoms with Crippen molar-refractivity contribution < 1.29 is 8.42 Å². The van der Waals surface area contributed by atoms with Crippen LogP contribution in [0.1, 0.15) is 31.2 Å². The molecule has 0 bridgehead atoms. The molecule has 3 nitrogen and oxygen atoms in total. The summed E-state index contributed by atoms with van der Waals surface area (Å²) < 4.78 is 26.8. The minimum Gasteiger partial charge on any atom is -0.215 e. The first-order chi connectivity index (χ1) is 9.57. The number of halogens is 1. The maximum atomic E-state index is 12.0. The molecule has 1 aromatic rings. The first kappa shape index (κ1) is 16.0. The Hall–Kier alpha value is -0.390. The molecule has 2 unspecified atom stereocenters. The summed E-state index contributed by atoms with van der Waals surface area (Å²) in [6.07, 6.45) is 5.28. The predicted molar refractivity (Wildman–Crippen MR) is 86.6 cm³/mol. The fourth-order valence-electron chi connectivity index (χ4n) is 2.60. The molecule has 2 rings (SSSR count). The average molecular weight is 360 g/mol. The van der Waals surface area contributed by atoms with Gasteiger partial charge in [0.1, 0.15) is 0 Å². The van der Waals surface area contributed by atoms with Crippen molar-refractivity contribution in [3.63, 3.8) is 0 Å². The van der Waals surface area contributed by atoms with E-state index in [1.807, 2.05) is 30.3 Å². The van der Waals surface area contributed by atoms with E-state index in [0.717, 1.165) is 18.4 Å². The summed E-state index contributed by atoms with van der Waals surface area (Å²) in [6, 6.07) is 9.74. The third kappa shape index (κ3) is 5.19. The van der Waals surface area contributed by atoms with Crippen molar-refractivity contribution in [2.24, 2.45) is 5.92 Å². The minimum atomic E-state index is -3.17. The van der Waals surface area contributed by atoms with Gasteiger partial charge in [-0.1, -0.05) is 59.1 Å². The summed E-state index contributed by atoms with van der Waals surface area (Å²) in [5, 5.41) is 0. The predicted octanol–water partition coefficient (Wildman–Crippen LogP) is 3.10. The molecule has 2 atom stereocenters. The highest BCUT2D eigenvalue weighted by atomic mass is 79.9. The van der Waals surface area contributed by atoms with E-state index in [0.29, 0.717) is 23.7 Å². The maximum absolute atomic E-state index is 12.0. The van der Waals surface area contributed by atoms with Crippen LogP contribution in [0.15, 0.2) is 30.3 Å². The molecule has 1 aliphatic carbocycles. The Kier molecular flexibility index (Phi) is 6.05. The Morgan fingerprint density at radius 2 is 1.85 bits per heavy atom. The average Bonchev–Trinajstić information content (AvgIpc) is 2.46. The van der Waals surface area contributed by atoms with Crippen molar-refractivity contribution in [3.05, 3.63) is 35.9 Å². The van der Waals surface area contributed by atoms with Crippen LogP contribution in [0.3, 0.4) is 0 Å². The fraction of sp³-hybridized carbons (Fsp3) is 0.600. The van der Waals surface area contributed by atoms with Gasteiger partial charge in [-0.3, -0.25) is 0 Å².